The first kappa shape index (κ1) is 22.5. The summed E-state index contributed by atoms with van der Waals surface area (Å²) in [5, 5.41) is 3.31. The lowest BCUT2D eigenvalue weighted by molar-refractivity contribution is -0.134. The van der Waals surface area contributed by atoms with Crippen molar-refractivity contribution in [3.05, 3.63) is 24.1 Å². The summed E-state index contributed by atoms with van der Waals surface area (Å²) >= 11 is 0. The van der Waals surface area contributed by atoms with Crippen LogP contribution in [0.15, 0.2) is 22.8 Å². The normalized spacial score (nSPS) is 25.1. The molecule has 5 rings (SSSR count). The van der Waals surface area contributed by atoms with E-state index in [9.17, 15) is 9.59 Å². The van der Waals surface area contributed by atoms with Crippen LogP contribution in [0.2, 0.25) is 0 Å². The maximum absolute atomic E-state index is 13.8. The number of hydrogen-bond donors (Lipinski definition) is 1. The lowest BCUT2D eigenvalue weighted by Gasteiger charge is -2.45. The number of furan rings is 1. The van der Waals surface area contributed by atoms with E-state index in [4.69, 9.17) is 4.42 Å². The molecule has 0 unspecified atom stereocenters. The Morgan fingerprint density at radius 3 is 2.58 bits per heavy atom. The summed E-state index contributed by atoms with van der Waals surface area (Å²) in [6, 6.07) is 4.50. The summed E-state index contributed by atoms with van der Waals surface area (Å²) in [5.41, 5.74) is 1.27. The molecule has 33 heavy (non-hydrogen) atoms. The zero-order valence-corrected chi connectivity index (χ0v) is 20.1. The van der Waals surface area contributed by atoms with Gasteiger partial charge in [-0.3, -0.25) is 9.59 Å². The van der Waals surface area contributed by atoms with Gasteiger partial charge in [0.25, 0.3) is 5.91 Å². The van der Waals surface area contributed by atoms with Gasteiger partial charge in [0.1, 0.15) is 11.2 Å². The Balaban J connectivity index is 1.40. The van der Waals surface area contributed by atoms with Gasteiger partial charge in [0, 0.05) is 37.3 Å². The average molecular weight is 455 g/mol. The third-order valence-corrected chi connectivity index (χ3v) is 8.35. The smallest absolute Gasteiger partial charge is 0.271 e. The molecule has 0 bridgehead atoms. The SMILES string of the molecule is CN(CCN1C(=O)c2cc3occc3n2C[C@]1(C)C(=O)NC1CCCCC1)C1CCCCC1. The molecule has 0 spiro atoms. The van der Waals surface area contributed by atoms with E-state index >= 15 is 0 Å². The van der Waals surface area contributed by atoms with Crippen LogP contribution in [0.25, 0.3) is 11.1 Å². The fourth-order valence-electron chi connectivity index (χ4n) is 6.17. The van der Waals surface area contributed by atoms with Crippen LogP contribution in [0.4, 0.5) is 0 Å². The van der Waals surface area contributed by atoms with Crippen LogP contribution in [0, 0.1) is 0 Å². The fraction of sp³-hybridized carbons (Fsp3) is 0.692. The Bertz CT molecular complexity index is 999. The Labute approximate surface area is 196 Å². The van der Waals surface area contributed by atoms with E-state index in [0.717, 1.165) is 37.7 Å². The van der Waals surface area contributed by atoms with Crippen molar-refractivity contribution in [1.29, 1.82) is 0 Å². The Morgan fingerprint density at radius 2 is 1.85 bits per heavy atom. The van der Waals surface area contributed by atoms with Gasteiger partial charge in [-0.05, 0) is 39.7 Å². The van der Waals surface area contributed by atoms with Gasteiger partial charge in [0.05, 0.1) is 18.3 Å². The predicted octanol–water partition coefficient (Wildman–Crippen LogP) is 4.16. The molecule has 7 nitrogen and oxygen atoms in total. The molecule has 7 heteroatoms. The lowest BCUT2D eigenvalue weighted by Crippen LogP contribution is -2.65. The third kappa shape index (κ3) is 4.20. The summed E-state index contributed by atoms with van der Waals surface area (Å²) in [6.07, 6.45) is 13.6. The first-order chi connectivity index (χ1) is 16.0. The van der Waals surface area contributed by atoms with Crippen molar-refractivity contribution in [3.8, 4) is 0 Å². The Hall–Kier alpha value is -2.28. The van der Waals surface area contributed by atoms with Gasteiger partial charge in [-0.25, -0.2) is 0 Å². The van der Waals surface area contributed by atoms with Crippen LogP contribution in [0.1, 0.15) is 81.6 Å². The summed E-state index contributed by atoms with van der Waals surface area (Å²) in [4.78, 5) is 31.7. The minimum atomic E-state index is -0.932. The Kier molecular flexibility index (Phi) is 6.25. The van der Waals surface area contributed by atoms with Crippen molar-refractivity contribution >= 4 is 22.9 Å². The molecule has 2 aromatic rings. The lowest BCUT2D eigenvalue weighted by atomic mass is 9.91. The highest BCUT2D eigenvalue weighted by atomic mass is 16.3. The highest BCUT2D eigenvalue weighted by molar-refractivity contribution is 6.02. The molecule has 2 amide bonds. The van der Waals surface area contributed by atoms with E-state index < -0.39 is 5.54 Å². The zero-order valence-electron chi connectivity index (χ0n) is 20.1. The predicted molar refractivity (Wildman–Crippen MR) is 128 cm³/mol. The van der Waals surface area contributed by atoms with Crippen molar-refractivity contribution in [3.63, 3.8) is 0 Å². The number of nitrogens with zero attached hydrogens (tertiary/aromatic N) is 3. The molecule has 3 aliphatic rings. The molecule has 2 aromatic heterocycles. The van der Waals surface area contributed by atoms with Crippen LogP contribution in [-0.4, -0.2) is 63.9 Å². The number of aromatic nitrogens is 1. The topological polar surface area (TPSA) is 70.7 Å². The molecule has 2 saturated carbocycles. The standard InChI is InChI=1S/C26H38N4O3/c1-26(25(32)27-19-9-5-3-6-10-19)18-29-21-13-16-33-23(21)17-22(29)24(31)30(26)15-14-28(2)20-11-7-4-8-12-20/h13,16-17,19-20H,3-12,14-15,18H2,1-2H3,(H,27,32)/t26-/m1/s1. The van der Waals surface area contributed by atoms with E-state index in [1.807, 2.05) is 28.5 Å². The monoisotopic (exact) mass is 454 g/mol. The number of carbonyl (C=O) groups is 2. The number of nitrogens with one attached hydrogen (secondary N) is 1. The molecule has 0 saturated heterocycles. The van der Waals surface area contributed by atoms with Crippen molar-refractivity contribution in [2.24, 2.45) is 0 Å². The largest absolute Gasteiger partial charge is 0.463 e. The number of fused-ring (bicyclic) bond motifs is 3. The molecule has 1 N–H and O–H groups in total. The molecule has 180 valence electrons. The third-order valence-electron chi connectivity index (χ3n) is 8.35. The van der Waals surface area contributed by atoms with Gasteiger partial charge in [0.2, 0.25) is 5.91 Å². The molecular formula is C26H38N4O3. The van der Waals surface area contributed by atoms with Crippen LogP contribution in [0.5, 0.6) is 0 Å². The van der Waals surface area contributed by atoms with Crippen molar-refractivity contribution < 1.29 is 14.0 Å². The average Bonchev–Trinajstić information content (AvgIpc) is 3.42. The van der Waals surface area contributed by atoms with Crippen LogP contribution >= 0.6 is 0 Å². The van der Waals surface area contributed by atoms with Crippen LogP contribution in [-0.2, 0) is 11.3 Å². The second kappa shape index (κ2) is 9.16. The van der Waals surface area contributed by atoms with Crippen LogP contribution < -0.4 is 5.32 Å². The highest BCUT2D eigenvalue weighted by Crippen LogP contribution is 2.33. The molecule has 1 atom stereocenters. The number of carbonyl (C=O) groups excluding carboxylic acids is 2. The summed E-state index contributed by atoms with van der Waals surface area (Å²) < 4.78 is 7.56. The Morgan fingerprint density at radius 1 is 1.15 bits per heavy atom. The summed E-state index contributed by atoms with van der Waals surface area (Å²) in [6.45, 7) is 3.72. The molecule has 1 aliphatic heterocycles. The van der Waals surface area contributed by atoms with E-state index in [1.165, 1.54) is 38.5 Å². The molecule has 0 radical (unpaired) electrons. The molecule has 3 heterocycles. The highest BCUT2D eigenvalue weighted by Gasteiger charge is 2.48. The first-order valence-electron chi connectivity index (χ1n) is 12.9. The second-order valence-electron chi connectivity index (χ2n) is 10.6. The van der Waals surface area contributed by atoms with Gasteiger partial charge in [-0.2, -0.15) is 0 Å². The second-order valence-corrected chi connectivity index (χ2v) is 10.6. The fourth-order valence-corrected chi connectivity index (χ4v) is 6.17. The van der Waals surface area contributed by atoms with Gasteiger partial charge in [-0.15, -0.1) is 0 Å². The number of likely N-dealkylation sites (N-methyl/N-ethyl adjacent to an activating group) is 1. The number of hydrogen-bond acceptors (Lipinski definition) is 4. The first-order valence-corrected chi connectivity index (χ1v) is 12.9. The van der Waals surface area contributed by atoms with E-state index in [1.54, 1.807) is 6.26 Å². The molecule has 2 fully saturated rings. The number of amides is 2. The van der Waals surface area contributed by atoms with Gasteiger partial charge in [0.15, 0.2) is 5.58 Å². The molecule has 0 aromatic carbocycles. The van der Waals surface area contributed by atoms with E-state index in [2.05, 4.69) is 17.3 Å². The summed E-state index contributed by atoms with van der Waals surface area (Å²) in [7, 11) is 2.17. The summed E-state index contributed by atoms with van der Waals surface area (Å²) in [5.74, 6) is -0.106. The van der Waals surface area contributed by atoms with Gasteiger partial charge < -0.3 is 24.1 Å². The van der Waals surface area contributed by atoms with Gasteiger partial charge in [-0.1, -0.05) is 38.5 Å². The molecule has 2 aliphatic carbocycles. The van der Waals surface area contributed by atoms with Gasteiger partial charge >= 0.3 is 0 Å². The zero-order chi connectivity index (χ0) is 23.0. The molecular weight excluding hydrogens is 416 g/mol. The van der Waals surface area contributed by atoms with E-state index in [-0.39, 0.29) is 17.9 Å². The maximum atomic E-state index is 13.8. The van der Waals surface area contributed by atoms with E-state index in [0.29, 0.717) is 30.4 Å². The van der Waals surface area contributed by atoms with Crippen molar-refractivity contribution in [2.45, 2.75) is 95.3 Å². The number of rotatable bonds is 6. The minimum Gasteiger partial charge on any atom is -0.463 e. The quantitative estimate of drug-likeness (QED) is 0.711. The minimum absolute atomic E-state index is 0.0286. The van der Waals surface area contributed by atoms with Crippen LogP contribution in [0.3, 0.4) is 0 Å². The maximum Gasteiger partial charge on any atom is 0.271 e. The van der Waals surface area contributed by atoms with Crippen molar-refractivity contribution in [2.75, 3.05) is 20.1 Å². The van der Waals surface area contributed by atoms with Crippen molar-refractivity contribution in [1.82, 2.24) is 19.7 Å².